The molecule has 2 aliphatic heterocycles. The maximum atomic E-state index is 11.5. The number of hydrogen-bond acceptors (Lipinski definition) is 6. The average molecular weight is 253 g/mol. The van der Waals surface area contributed by atoms with Crippen molar-refractivity contribution in [2.45, 2.75) is 30.5 Å². The first kappa shape index (κ1) is 12.2. The molecule has 0 radical (unpaired) electrons. The largest absolute Gasteiger partial charge is 0.389 e. The molecular weight excluding hydrogens is 238 g/mol. The fraction of sp³-hybridized carbons (Fsp3) is 1.00. The molecule has 2 heterocycles. The minimum atomic E-state index is -3.54. The van der Waals surface area contributed by atoms with Gasteiger partial charge in [0.1, 0.15) is 18.3 Å². The highest BCUT2D eigenvalue weighted by atomic mass is 32.2. The molecule has 2 rings (SSSR count). The SMILES string of the molecule is CS(=O)(=O)N1CC(O)C2OCC(O)C(O)C21. The van der Waals surface area contributed by atoms with Crippen LogP contribution in [0.5, 0.6) is 0 Å². The first-order chi connectivity index (χ1) is 7.32. The summed E-state index contributed by atoms with van der Waals surface area (Å²) in [4.78, 5) is 0. The number of nitrogens with zero attached hydrogens (tertiary/aromatic N) is 1. The predicted octanol–water partition coefficient (Wildman–Crippen LogP) is -2.89. The van der Waals surface area contributed by atoms with Gasteiger partial charge in [0.2, 0.25) is 10.0 Å². The molecule has 7 nitrogen and oxygen atoms in total. The summed E-state index contributed by atoms with van der Waals surface area (Å²) in [5, 5.41) is 28.8. The van der Waals surface area contributed by atoms with E-state index in [1.54, 1.807) is 0 Å². The normalized spacial score (nSPS) is 45.6. The van der Waals surface area contributed by atoms with E-state index in [4.69, 9.17) is 4.74 Å². The van der Waals surface area contributed by atoms with Crippen LogP contribution in [0.15, 0.2) is 0 Å². The second kappa shape index (κ2) is 3.90. The van der Waals surface area contributed by atoms with Crippen LogP contribution in [0.1, 0.15) is 0 Å². The first-order valence-electron chi connectivity index (χ1n) is 4.95. The van der Waals surface area contributed by atoms with Gasteiger partial charge in [0.25, 0.3) is 0 Å². The van der Waals surface area contributed by atoms with Crippen LogP contribution < -0.4 is 0 Å². The topological polar surface area (TPSA) is 107 Å². The minimum absolute atomic E-state index is 0.100. The maximum absolute atomic E-state index is 11.5. The lowest BCUT2D eigenvalue weighted by atomic mass is 9.98. The fourth-order valence-corrected chi connectivity index (χ4v) is 3.38. The fourth-order valence-electron chi connectivity index (χ4n) is 2.27. The van der Waals surface area contributed by atoms with Crippen LogP contribution in [-0.4, -0.2) is 77.9 Å². The molecule has 5 unspecified atom stereocenters. The third-order valence-electron chi connectivity index (χ3n) is 3.04. The van der Waals surface area contributed by atoms with Crippen LogP contribution in [0, 0.1) is 0 Å². The van der Waals surface area contributed by atoms with Crippen LogP contribution in [0.25, 0.3) is 0 Å². The lowest BCUT2D eigenvalue weighted by molar-refractivity contribution is -0.153. The maximum Gasteiger partial charge on any atom is 0.211 e. The summed E-state index contributed by atoms with van der Waals surface area (Å²) in [7, 11) is -3.54. The van der Waals surface area contributed by atoms with E-state index in [9.17, 15) is 23.7 Å². The van der Waals surface area contributed by atoms with E-state index in [1.165, 1.54) is 0 Å². The highest BCUT2D eigenvalue weighted by Gasteiger charge is 2.53. The first-order valence-corrected chi connectivity index (χ1v) is 6.80. The predicted molar refractivity (Wildman–Crippen MR) is 53.1 cm³/mol. The minimum Gasteiger partial charge on any atom is -0.389 e. The zero-order valence-corrected chi connectivity index (χ0v) is 9.54. The summed E-state index contributed by atoms with van der Waals surface area (Å²) in [6.07, 6.45) is -3.10. The van der Waals surface area contributed by atoms with Gasteiger partial charge >= 0.3 is 0 Å². The zero-order valence-electron chi connectivity index (χ0n) is 8.72. The van der Waals surface area contributed by atoms with Crippen LogP contribution in [-0.2, 0) is 14.8 Å². The van der Waals surface area contributed by atoms with Gasteiger partial charge in [-0.3, -0.25) is 0 Å². The highest BCUT2D eigenvalue weighted by Crippen LogP contribution is 2.31. The van der Waals surface area contributed by atoms with E-state index in [1.807, 2.05) is 0 Å². The van der Waals surface area contributed by atoms with Gasteiger partial charge < -0.3 is 20.1 Å². The Morgan fingerprint density at radius 2 is 1.88 bits per heavy atom. The van der Waals surface area contributed by atoms with Gasteiger partial charge in [-0.25, -0.2) is 8.42 Å². The van der Waals surface area contributed by atoms with E-state index in [2.05, 4.69) is 0 Å². The third kappa shape index (κ3) is 1.85. The highest BCUT2D eigenvalue weighted by molar-refractivity contribution is 7.88. The Hall–Kier alpha value is -0.250. The molecule has 0 aliphatic carbocycles. The summed E-state index contributed by atoms with van der Waals surface area (Å²) < 4.78 is 29.0. The number of fused-ring (bicyclic) bond motifs is 1. The van der Waals surface area contributed by atoms with Crippen molar-refractivity contribution in [3.63, 3.8) is 0 Å². The van der Waals surface area contributed by atoms with Crippen LogP contribution in [0.4, 0.5) is 0 Å². The summed E-state index contributed by atoms with van der Waals surface area (Å²) in [5.41, 5.74) is 0. The molecule has 2 saturated heterocycles. The zero-order chi connectivity index (χ0) is 12.1. The van der Waals surface area contributed by atoms with Crippen LogP contribution in [0.2, 0.25) is 0 Å². The van der Waals surface area contributed by atoms with Gasteiger partial charge in [-0.1, -0.05) is 0 Å². The molecule has 0 aromatic rings. The molecule has 0 amide bonds. The Balaban J connectivity index is 2.31. The number of sulfonamides is 1. The summed E-state index contributed by atoms with van der Waals surface area (Å²) in [5.74, 6) is 0. The van der Waals surface area contributed by atoms with Crippen molar-refractivity contribution in [3.8, 4) is 0 Å². The monoisotopic (exact) mass is 253 g/mol. The van der Waals surface area contributed by atoms with E-state index < -0.39 is 40.5 Å². The molecule has 0 spiro atoms. The lowest BCUT2D eigenvalue weighted by Crippen LogP contribution is -2.57. The molecule has 8 heteroatoms. The van der Waals surface area contributed by atoms with Crippen molar-refractivity contribution < 1.29 is 28.5 Å². The Morgan fingerprint density at radius 1 is 1.25 bits per heavy atom. The van der Waals surface area contributed by atoms with Crippen molar-refractivity contribution in [2.75, 3.05) is 19.4 Å². The Labute approximate surface area is 93.3 Å². The van der Waals surface area contributed by atoms with Gasteiger partial charge in [-0.05, 0) is 0 Å². The van der Waals surface area contributed by atoms with E-state index >= 15 is 0 Å². The second-order valence-corrected chi connectivity index (χ2v) is 6.18. The Morgan fingerprint density at radius 3 is 2.44 bits per heavy atom. The molecule has 0 aromatic heterocycles. The third-order valence-corrected chi connectivity index (χ3v) is 4.29. The van der Waals surface area contributed by atoms with Crippen molar-refractivity contribution in [1.29, 1.82) is 0 Å². The molecule has 94 valence electrons. The van der Waals surface area contributed by atoms with Crippen molar-refractivity contribution in [3.05, 3.63) is 0 Å². The number of aliphatic hydroxyl groups is 3. The number of rotatable bonds is 1. The quantitative estimate of drug-likeness (QED) is 0.463. The number of hydrogen-bond donors (Lipinski definition) is 3. The Kier molecular flexibility index (Phi) is 2.97. The second-order valence-electron chi connectivity index (χ2n) is 4.25. The van der Waals surface area contributed by atoms with Crippen molar-refractivity contribution in [2.24, 2.45) is 0 Å². The lowest BCUT2D eigenvalue weighted by Gasteiger charge is -2.37. The summed E-state index contributed by atoms with van der Waals surface area (Å²) in [6, 6.07) is -0.909. The molecular formula is C8H15NO6S. The molecule has 0 bridgehead atoms. The van der Waals surface area contributed by atoms with Gasteiger partial charge in [0, 0.05) is 6.54 Å². The molecule has 3 N–H and O–H groups in total. The van der Waals surface area contributed by atoms with E-state index in [0.717, 1.165) is 10.6 Å². The molecule has 2 aliphatic rings. The smallest absolute Gasteiger partial charge is 0.211 e. The standard InChI is InChI=1S/C8H15NO6S/c1-16(13,14)9-2-4(10)8-6(9)7(12)5(11)3-15-8/h4-8,10-12H,2-3H2,1H3. The van der Waals surface area contributed by atoms with Gasteiger partial charge in [0.15, 0.2) is 0 Å². The average Bonchev–Trinajstić information content (AvgIpc) is 2.50. The van der Waals surface area contributed by atoms with Gasteiger partial charge in [-0.2, -0.15) is 4.31 Å². The Bertz CT molecular complexity index is 371. The van der Waals surface area contributed by atoms with Gasteiger partial charge in [-0.15, -0.1) is 0 Å². The molecule has 0 aromatic carbocycles. The number of β-amino-alcohol motifs (C(OH)–C–C–N with tert-alkyl or cyclic N) is 1. The summed E-state index contributed by atoms with van der Waals surface area (Å²) >= 11 is 0. The van der Waals surface area contributed by atoms with Crippen molar-refractivity contribution >= 4 is 10.0 Å². The number of aliphatic hydroxyl groups excluding tert-OH is 3. The van der Waals surface area contributed by atoms with Crippen molar-refractivity contribution in [1.82, 2.24) is 4.31 Å². The molecule has 5 atom stereocenters. The molecule has 16 heavy (non-hydrogen) atoms. The van der Waals surface area contributed by atoms with E-state index in [0.29, 0.717) is 0 Å². The molecule has 0 saturated carbocycles. The van der Waals surface area contributed by atoms with Crippen LogP contribution >= 0.6 is 0 Å². The summed E-state index contributed by atoms with van der Waals surface area (Å²) in [6.45, 7) is -0.213. The number of ether oxygens (including phenoxy) is 1. The van der Waals surface area contributed by atoms with Gasteiger partial charge in [0.05, 0.1) is 25.0 Å². The van der Waals surface area contributed by atoms with Crippen LogP contribution in [0.3, 0.4) is 0 Å². The molecule has 2 fully saturated rings. The van der Waals surface area contributed by atoms with E-state index in [-0.39, 0.29) is 13.2 Å².